The van der Waals surface area contributed by atoms with E-state index < -0.39 is 11.4 Å². The van der Waals surface area contributed by atoms with Crippen LogP contribution in [0.5, 0.6) is 11.6 Å². The van der Waals surface area contributed by atoms with Crippen LogP contribution in [0.25, 0.3) is 12.2 Å². The first-order valence-electron chi connectivity index (χ1n) is 15.1. The quantitative estimate of drug-likeness (QED) is 0.144. The van der Waals surface area contributed by atoms with Crippen molar-refractivity contribution in [3.05, 3.63) is 83.6 Å². The lowest BCUT2D eigenvalue weighted by Crippen LogP contribution is -2.31. The summed E-state index contributed by atoms with van der Waals surface area (Å²) in [6.45, 7) is 8.06. The molecule has 2 aromatic carbocycles. The van der Waals surface area contributed by atoms with Crippen molar-refractivity contribution in [1.29, 1.82) is 0 Å². The predicted molar refractivity (Wildman–Crippen MR) is 169 cm³/mol. The molecule has 0 bridgehead atoms. The first kappa shape index (κ1) is 31.7. The summed E-state index contributed by atoms with van der Waals surface area (Å²) >= 11 is 0. The summed E-state index contributed by atoms with van der Waals surface area (Å²) in [7, 11) is 0. The van der Waals surface area contributed by atoms with Gasteiger partial charge in [-0.3, -0.25) is 4.79 Å². The molecular formula is C35H46N2O4. The molecule has 0 radical (unpaired) electrons. The number of unbranched alkanes of at least 4 members (excludes halogenated alkanes) is 2. The van der Waals surface area contributed by atoms with Crippen molar-refractivity contribution in [3.63, 3.8) is 0 Å². The summed E-state index contributed by atoms with van der Waals surface area (Å²) in [6.07, 6.45) is 11.0. The normalized spacial score (nSPS) is 11.5. The number of benzene rings is 2. The molecule has 0 saturated heterocycles. The molecule has 3 aromatic rings. The van der Waals surface area contributed by atoms with Gasteiger partial charge in [-0.05, 0) is 86.4 Å². The van der Waals surface area contributed by atoms with E-state index in [2.05, 4.69) is 41.5 Å². The molecule has 6 nitrogen and oxygen atoms in total. The minimum atomic E-state index is -0.714. The van der Waals surface area contributed by atoms with E-state index in [1.54, 1.807) is 0 Å². The van der Waals surface area contributed by atoms with Crippen LogP contribution in [0, 0.1) is 5.41 Å². The molecule has 0 aliphatic rings. The average Bonchev–Trinajstić information content (AvgIpc) is 2.99. The number of rotatable bonds is 19. The number of carboxylic acid groups (broad SMARTS) is 1. The zero-order valence-electron chi connectivity index (χ0n) is 24.9. The van der Waals surface area contributed by atoms with Crippen molar-refractivity contribution < 1.29 is 19.4 Å². The number of aryl methyl sites for hydroxylation is 1. The lowest BCUT2D eigenvalue weighted by atomic mass is 9.79. The van der Waals surface area contributed by atoms with Gasteiger partial charge in [0.2, 0.25) is 5.88 Å². The second-order valence-electron chi connectivity index (χ2n) is 10.4. The van der Waals surface area contributed by atoms with E-state index >= 15 is 0 Å². The van der Waals surface area contributed by atoms with E-state index in [1.165, 1.54) is 5.56 Å². The van der Waals surface area contributed by atoms with Crippen molar-refractivity contribution in [2.45, 2.75) is 72.1 Å². The second-order valence-corrected chi connectivity index (χ2v) is 10.4. The molecule has 1 aromatic heterocycles. The van der Waals surface area contributed by atoms with Crippen LogP contribution in [0.1, 0.15) is 82.5 Å². The molecule has 0 aliphatic heterocycles. The Morgan fingerprint density at radius 1 is 0.902 bits per heavy atom. The third-order valence-electron chi connectivity index (χ3n) is 7.64. The first-order valence-corrected chi connectivity index (χ1v) is 15.1. The number of nitrogens with one attached hydrogen (secondary N) is 1. The summed E-state index contributed by atoms with van der Waals surface area (Å²) in [4.78, 5) is 16.4. The maximum absolute atomic E-state index is 11.8. The highest BCUT2D eigenvalue weighted by atomic mass is 16.5. The number of hydrogen-bond acceptors (Lipinski definition) is 5. The van der Waals surface area contributed by atoms with Crippen LogP contribution >= 0.6 is 0 Å². The molecule has 0 atom stereocenters. The number of aliphatic carboxylic acids is 1. The predicted octanol–water partition coefficient (Wildman–Crippen LogP) is 8.53. The van der Waals surface area contributed by atoms with Gasteiger partial charge in [0, 0.05) is 18.3 Å². The molecule has 0 unspecified atom stereocenters. The van der Waals surface area contributed by atoms with Gasteiger partial charge in [-0.15, -0.1) is 0 Å². The maximum atomic E-state index is 11.8. The van der Waals surface area contributed by atoms with E-state index in [0.717, 1.165) is 61.4 Å². The van der Waals surface area contributed by atoms with Gasteiger partial charge in [0.05, 0.1) is 24.3 Å². The fourth-order valence-corrected chi connectivity index (χ4v) is 4.77. The molecular weight excluding hydrogens is 512 g/mol. The van der Waals surface area contributed by atoms with Gasteiger partial charge in [0.25, 0.3) is 0 Å². The Balaban J connectivity index is 1.46. The van der Waals surface area contributed by atoms with Crippen LogP contribution in [0.15, 0.2) is 66.7 Å². The Morgan fingerprint density at radius 2 is 1.68 bits per heavy atom. The van der Waals surface area contributed by atoms with E-state index in [1.807, 2.05) is 68.5 Å². The van der Waals surface area contributed by atoms with Crippen molar-refractivity contribution in [2.24, 2.45) is 5.41 Å². The maximum Gasteiger partial charge on any atom is 0.309 e. The van der Waals surface area contributed by atoms with Gasteiger partial charge >= 0.3 is 5.97 Å². The molecule has 0 saturated carbocycles. The van der Waals surface area contributed by atoms with E-state index in [0.29, 0.717) is 38.3 Å². The Bertz CT molecular complexity index is 1240. The Morgan fingerprint density at radius 3 is 2.46 bits per heavy atom. The van der Waals surface area contributed by atoms with Crippen molar-refractivity contribution in [2.75, 3.05) is 25.1 Å². The fourth-order valence-electron chi connectivity index (χ4n) is 4.77. The smallest absolute Gasteiger partial charge is 0.309 e. The highest BCUT2D eigenvalue weighted by Crippen LogP contribution is 2.31. The summed E-state index contributed by atoms with van der Waals surface area (Å²) in [5, 5.41) is 13.1. The molecule has 3 rings (SSSR count). The second kappa shape index (κ2) is 17.1. The summed E-state index contributed by atoms with van der Waals surface area (Å²) in [6, 6.07) is 22.2. The Labute approximate surface area is 245 Å². The molecule has 2 N–H and O–H groups in total. The topological polar surface area (TPSA) is 80.7 Å². The van der Waals surface area contributed by atoms with E-state index in [9.17, 15) is 9.90 Å². The lowest BCUT2D eigenvalue weighted by Gasteiger charge is -2.26. The zero-order chi connectivity index (χ0) is 29.3. The minimum absolute atomic E-state index is 0.590. The number of para-hydroxylation sites is 1. The Hall–Kier alpha value is -3.80. The van der Waals surface area contributed by atoms with Crippen LogP contribution in [-0.4, -0.2) is 35.8 Å². The zero-order valence-corrected chi connectivity index (χ0v) is 24.9. The van der Waals surface area contributed by atoms with Crippen molar-refractivity contribution >= 4 is 23.8 Å². The molecule has 0 aliphatic carbocycles. The molecule has 0 amide bonds. The van der Waals surface area contributed by atoms with Crippen molar-refractivity contribution in [1.82, 2.24) is 4.98 Å². The molecule has 1 heterocycles. The van der Waals surface area contributed by atoms with Gasteiger partial charge < -0.3 is 19.9 Å². The third kappa shape index (κ3) is 10.3. The monoisotopic (exact) mass is 558 g/mol. The number of carboxylic acids is 1. The number of ether oxygens (including phenoxy) is 2. The van der Waals surface area contributed by atoms with Crippen LogP contribution < -0.4 is 14.8 Å². The number of anilines is 1. The van der Waals surface area contributed by atoms with Crippen LogP contribution in [0.3, 0.4) is 0 Å². The summed E-state index contributed by atoms with van der Waals surface area (Å²) < 4.78 is 11.9. The van der Waals surface area contributed by atoms with E-state index in [4.69, 9.17) is 9.47 Å². The van der Waals surface area contributed by atoms with Crippen molar-refractivity contribution in [3.8, 4) is 11.6 Å². The molecule has 220 valence electrons. The van der Waals surface area contributed by atoms with Gasteiger partial charge in [0.1, 0.15) is 5.75 Å². The lowest BCUT2D eigenvalue weighted by molar-refractivity contribution is -0.149. The number of pyridine rings is 1. The average molecular weight is 559 g/mol. The third-order valence-corrected chi connectivity index (χ3v) is 7.64. The number of aromatic nitrogens is 1. The highest BCUT2D eigenvalue weighted by Gasteiger charge is 2.34. The van der Waals surface area contributed by atoms with Gasteiger partial charge in [-0.2, -0.15) is 0 Å². The minimum Gasteiger partial charge on any atom is -0.493 e. The van der Waals surface area contributed by atoms with E-state index in [-0.39, 0.29) is 0 Å². The largest absolute Gasteiger partial charge is 0.493 e. The SMILES string of the molecule is CCCCOc1ccccc1CCCCOc1cccc(C=Cc2cccc(NCCC(CC)(CC)C(=O)O)c2)n1. The number of carbonyl (C=O) groups is 1. The Kier molecular flexibility index (Phi) is 13.2. The fraction of sp³-hybridized carbons (Fsp3) is 0.429. The van der Waals surface area contributed by atoms with Crippen LogP contribution in [0.2, 0.25) is 0 Å². The van der Waals surface area contributed by atoms with Gasteiger partial charge in [-0.1, -0.05) is 69.7 Å². The summed E-state index contributed by atoms with van der Waals surface area (Å²) in [5.41, 5.74) is 3.42. The summed E-state index contributed by atoms with van der Waals surface area (Å²) in [5.74, 6) is 0.908. The standard InChI is InChI=1S/C35H46N2O4/c1-4-7-25-40-32-19-9-8-15-29(32)16-10-11-26-41-33-20-13-17-30(37-33)22-21-28-14-12-18-31(27-28)36-24-23-35(5-2,6-3)34(38)39/h8-9,12-15,17-22,27,36H,4-7,10-11,16,23-26H2,1-3H3,(H,38,39). The molecule has 41 heavy (non-hydrogen) atoms. The molecule has 0 fully saturated rings. The highest BCUT2D eigenvalue weighted by molar-refractivity contribution is 5.74. The number of nitrogens with zero attached hydrogens (tertiary/aromatic N) is 1. The van der Waals surface area contributed by atoms with Gasteiger partial charge in [-0.25, -0.2) is 4.98 Å². The first-order chi connectivity index (χ1) is 20.0. The van der Waals surface area contributed by atoms with Gasteiger partial charge in [0.15, 0.2) is 0 Å². The molecule has 6 heteroatoms. The van der Waals surface area contributed by atoms with Crippen LogP contribution in [0.4, 0.5) is 5.69 Å². The number of hydrogen-bond donors (Lipinski definition) is 2. The van der Waals surface area contributed by atoms with Crippen LogP contribution in [-0.2, 0) is 11.2 Å². The molecule has 0 spiro atoms.